The second kappa shape index (κ2) is 7.31. The van der Waals surface area contributed by atoms with Gasteiger partial charge in [-0.2, -0.15) is 0 Å². The summed E-state index contributed by atoms with van der Waals surface area (Å²) in [6.45, 7) is 3.16. The molecule has 0 aromatic carbocycles. The molecule has 114 valence electrons. The Morgan fingerprint density at radius 1 is 1.15 bits per heavy atom. The van der Waals surface area contributed by atoms with Crippen LogP contribution >= 0.6 is 0 Å². The molecule has 0 fully saturated rings. The first-order valence-corrected chi connectivity index (χ1v) is 5.81. The normalized spacial score (nSPS) is 12.2. The molecule has 0 aliphatic rings. The second-order valence-corrected chi connectivity index (χ2v) is 4.78. The molecule has 1 atom stereocenters. The van der Waals surface area contributed by atoms with Gasteiger partial charge in [0.05, 0.1) is 11.8 Å². The molecule has 9 nitrogen and oxygen atoms in total. The number of amides is 3. The quantitative estimate of drug-likeness (QED) is 0.406. The Labute approximate surface area is 115 Å². The molecule has 0 aliphatic heterocycles. The van der Waals surface area contributed by atoms with Crippen LogP contribution in [0.4, 0.5) is 4.79 Å². The van der Waals surface area contributed by atoms with Crippen molar-refractivity contribution in [1.82, 2.24) is 16.0 Å². The van der Waals surface area contributed by atoms with Crippen LogP contribution in [0.5, 0.6) is 0 Å². The first-order chi connectivity index (χ1) is 9.10. The van der Waals surface area contributed by atoms with Gasteiger partial charge in [-0.3, -0.25) is 9.59 Å². The average molecular weight is 289 g/mol. The van der Waals surface area contributed by atoms with Gasteiger partial charge in [0.2, 0.25) is 5.91 Å². The molecule has 0 bridgehead atoms. The molecule has 0 aromatic rings. The van der Waals surface area contributed by atoms with Gasteiger partial charge in [-0.05, 0) is 13.8 Å². The first-order valence-electron chi connectivity index (χ1n) is 5.81. The fourth-order valence-corrected chi connectivity index (χ4v) is 1.30. The van der Waals surface area contributed by atoms with Crippen molar-refractivity contribution in [2.45, 2.75) is 26.3 Å². The van der Waals surface area contributed by atoms with Crippen LogP contribution in [0.2, 0.25) is 0 Å². The third kappa shape index (κ3) is 6.03. The Bertz CT molecular complexity index is 407. The van der Waals surface area contributed by atoms with Crippen LogP contribution < -0.4 is 16.0 Å². The molecule has 0 aliphatic carbocycles. The third-order valence-corrected chi connectivity index (χ3v) is 2.51. The molecule has 0 saturated carbocycles. The highest BCUT2D eigenvalue weighted by Crippen LogP contribution is 2.12. The smallest absolute Gasteiger partial charge is 0.326 e. The lowest BCUT2D eigenvalue weighted by Gasteiger charge is -2.23. The van der Waals surface area contributed by atoms with Gasteiger partial charge in [-0.15, -0.1) is 0 Å². The monoisotopic (exact) mass is 289 g/mol. The molecule has 3 amide bonds. The largest absolute Gasteiger partial charge is 0.481 e. The Hall–Kier alpha value is -2.32. The number of aliphatic carboxylic acids is 2. The maximum Gasteiger partial charge on any atom is 0.326 e. The van der Waals surface area contributed by atoms with E-state index in [2.05, 4.69) is 10.6 Å². The number of carbonyl (C=O) groups excluding carboxylic acids is 2. The van der Waals surface area contributed by atoms with Crippen LogP contribution in [0.1, 0.15) is 20.3 Å². The fraction of sp³-hybridized carbons (Fsp3) is 0.636. The van der Waals surface area contributed by atoms with Crippen molar-refractivity contribution in [3.05, 3.63) is 0 Å². The lowest BCUT2D eigenvalue weighted by molar-refractivity contribution is -0.145. The van der Waals surface area contributed by atoms with E-state index in [4.69, 9.17) is 10.2 Å². The predicted octanol–water partition coefficient (Wildman–Crippen LogP) is -1.01. The minimum Gasteiger partial charge on any atom is -0.481 e. The molecule has 0 rings (SSSR count). The molecular formula is C11H19N3O6. The number of hydrogen-bond acceptors (Lipinski definition) is 4. The van der Waals surface area contributed by atoms with Crippen molar-refractivity contribution in [2.24, 2.45) is 5.41 Å². The molecule has 0 aromatic heterocycles. The van der Waals surface area contributed by atoms with Gasteiger partial charge in [0.25, 0.3) is 0 Å². The summed E-state index contributed by atoms with van der Waals surface area (Å²) in [6, 6.07) is -2.38. The predicted molar refractivity (Wildman–Crippen MR) is 68.1 cm³/mol. The number of hydrogen-bond donors (Lipinski definition) is 5. The van der Waals surface area contributed by atoms with Crippen molar-refractivity contribution in [3.8, 4) is 0 Å². The summed E-state index contributed by atoms with van der Waals surface area (Å²) in [6.07, 6.45) is -0.735. The molecular weight excluding hydrogens is 270 g/mol. The van der Waals surface area contributed by atoms with Crippen molar-refractivity contribution in [2.75, 3.05) is 13.6 Å². The van der Waals surface area contributed by atoms with Gasteiger partial charge in [-0.1, -0.05) is 0 Å². The summed E-state index contributed by atoms with van der Waals surface area (Å²) in [4.78, 5) is 44.2. The number of rotatable bonds is 7. The Morgan fingerprint density at radius 2 is 1.70 bits per heavy atom. The van der Waals surface area contributed by atoms with Crippen LogP contribution in [0.15, 0.2) is 0 Å². The Kier molecular flexibility index (Phi) is 6.47. The summed E-state index contributed by atoms with van der Waals surface area (Å²) in [7, 11) is 1.46. The van der Waals surface area contributed by atoms with Gasteiger partial charge in [0, 0.05) is 13.6 Å². The number of carboxylic acid groups (broad SMARTS) is 2. The van der Waals surface area contributed by atoms with Crippen LogP contribution in [-0.4, -0.2) is 53.7 Å². The summed E-state index contributed by atoms with van der Waals surface area (Å²) >= 11 is 0. The van der Waals surface area contributed by atoms with E-state index in [1.165, 1.54) is 7.05 Å². The molecule has 0 radical (unpaired) electrons. The molecule has 20 heavy (non-hydrogen) atoms. The SMILES string of the molecule is CNC(=O)C(C)(C)CNC(=O)NC(CC(=O)O)C(=O)O. The van der Waals surface area contributed by atoms with Crippen molar-refractivity contribution < 1.29 is 29.4 Å². The number of urea groups is 1. The number of carbonyl (C=O) groups is 4. The van der Waals surface area contributed by atoms with Crippen LogP contribution in [0.25, 0.3) is 0 Å². The van der Waals surface area contributed by atoms with Gasteiger partial charge in [0.15, 0.2) is 0 Å². The van der Waals surface area contributed by atoms with Crippen LogP contribution in [-0.2, 0) is 14.4 Å². The van der Waals surface area contributed by atoms with E-state index in [1.807, 2.05) is 5.32 Å². The summed E-state index contributed by atoms with van der Waals surface area (Å²) in [5, 5.41) is 24.1. The zero-order valence-electron chi connectivity index (χ0n) is 11.5. The Morgan fingerprint density at radius 3 is 2.10 bits per heavy atom. The zero-order chi connectivity index (χ0) is 15.9. The lowest BCUT2D eigenvalue weighted by atomic mass is 9.92. The zero-order valence-corrected chi connectivity index (χ0v) is 11.5. The van der Waals surface area contributed by atoms with Crippen molar-refractivity contribution in [1.29, 1.82) is 0 Å². The first kappa shape index (κ1) is 17.7. The topological polar surface area (TPSA) is 145 Å². The van der Waals surface area contributed by atoms with E-state index < -0.39 is 35.8 Å². The Balaban J connectivity index is 4.44. The highest BCUT2D eigenvalue weighted by molar-refractivity contribution is 5.87. The molecule has 1 unspecified atom stereocenters. The van der Waals surface area contributed by atoms with Gasteiger partial charge >= 0.3 is 18.0 Å². The van der Waals surface area contributed by atoms with Crippen molar-refractivity contribution in [3.63, 3.8) is 0 Å². The lowest BCUT2D eigenvalue weighted by Crippen LogP contribution is -2.50. The number of nitrogens with one attached hydrogen (secondary N) is 3. The standard InChI is InChI=1S/C11H19N3O6/c1-11(2,9(19)12-3)5-13-10(20)14-6(8(17)18)4-7(15)16/h6H,4-5H2,1-3H3,(H,12,19)(H,15,16)(H,17,18)(H2,13,14,20). The summed E-state index contributed by atoms with van der Waals surface area (Å²) in [5.41, 5.74) is -0.877. The minimum atomic E-state index is -1.53. The maximum absolute atomic E-state index is 11.5. The highest BCUT2D eigenvalue weighted by atomic mass is 16.4. The summed E-state index contributed by atoms with van der Waals surface area (Å²) in [5.74, 6) is -3.09. The van der Waals surface area contributed by atoms with E-state index >= 15 is 0 Å². The van der Waals surface area contributed by atoms with E-state index in [0.29, 0.717) is 0 Å². The molecule has 5 N–H and O–H groups in total. The summed E-state index contributed by atoms with van der Waals surface area (Å²) < 4.78 is 0. The maximum atomic E-state index is 11.5. The minimum absolute atomic E-state index is 0.0298. The van der Waals surface area contributed by atoms with Gasteiger partial charge in [-0.25, -0.2) is 9.59 Å². The van der Waals surface area contributed by atoms with E-state index in [-0.39, 0.29) is 12.5 Å². The third-order valence-electron chi connectivity index (χ3n) is 2.51. The van der Waals surface area contributed by atoms with E-state index in [0.717, 1.165) is 0 Å². The van der Waals surface area contributed by atoms with Crippen molar-refractivity contribution >= 4 is 23.9 Å². The molecule has 0 heterocycles. The molecule has 0 saturated heterocycles. The number of carboxylic acids is 2. The van der Waals surface area contributed by atoms with Crippen LogP contribution in [0, 0.1) is 5.41 Å². The van der Waals surface area contributed by atoms with Gasteiger partial charge < -0.3 is 26.2 Å². The van der Waals surface area contributed by atoms with Gasteiger partial charge in [0.1, 0.15) is 6.04 Å². The van der Waals surface area contributed by atoms with E-state index in [9.17, 15) is 19.2 Å². The average Bonchev–Trinajstić information content (AvgIpc) is 2.34. The fourth-order valence-electron chi connectivity index (χ4n) is 1.30. The molecule has 0 spiro atoms. The van der Waals surface area contributed by atoms with Crippen LogP contribution in [0.3, 0.4) is 0 Å². The molecule has 9 heteroatoms. The second-order valence-electron chi connectivity index (χ2n) is 4.78. The highest BCUT2D eigenvalue weighted by Gasteiger charge is 2.28. The van der Waals surface area contributed by atoms with E-state index in [1.54, 1.807) is 13.8 Å².